The summed E-state index contributed by atoms with van der Waals surface area (Å²) >= 11 is 0. The van der Waals surface area contributed by atoms with Crippen molar-refractivity contribution < 1.29 is 38.1 Å². The van der Waals surface area contributed by atoms with E-state index < -0.39 is 23.9 Å². The van der Waals surface area contributed by atoms with Crippen molar-refractivity contribution in [3.63, 3.8) is 0 Å². The lowest BCUT2D eigenvalue weighted by molar-refractivity contribution is 0.0464. The maximum Gasteiger partial charge on any atom is 0.338 e. The molecule has 0 fully saturated rings. The Hall–Kier alpha value is -16.0. The van der Waals surface area contributed by atoms with Crippen LogP contribution in [-0.4, -0.2) is 48.0 Å². The van der Waals surface area contributed by atoms with Gasteiger partial charge in [-0.3, -0.25) is 0 Å². The molecule has 0 saturated heterocycles. The lowest BCUT2D eigenvalue weighted by Crippen LogP contribution is -2.05. The number of carbonyl (C=O) groups is 4. The molecule has 0 radical (unpaired) electrons. The second kappa shape index (κ2) is 31.3. The highest BCUT2D eigenvalue weighted by Crippen LogP contribution is 2.42. The van der Waals surface area contributed by atoms with Crippen molar-refractivity contribution in [1.29, 1.82) is 10.5 Å². The number of nitrogens with zero attached hydrogens (tertiary/aromatic N) is 8. The van der Waals surface area contributed by atoms with Gasteiger partial charge in [0.15, 0.2) is 23.2 Å². The van der Waals surface area contributed by atoms with Crippen LogP contribution < -0.4 is 0 Å². The van der Waals surface area contributed by atoms with Crippen LogP contribution in [0.4, 0.5) is 5.69 Å². The van der Waals surface area contributed by atoms with Gasteiger partial charge in [-0.25, -0.2) is 39.0 Å². The Morgan fingerprint density at radius 3 is 0.939 bits per heavy atom. The summed E-state index contributed by atoms with van der Waals surface area (Å²) in [5.41, 5.74) is 15.8. The molecule has 0 saturated carbocycles. The molecule has 114 heavy (non-hydrogen) atoms. The van der Waals surface area contributed by atoms with Crippen LogP contribution in [-0.2, 0) is 45.4 Å². The van der Waals surface area contributed by atoms with Crippen LogP contribution in [0.25, 0.3) is 127 Å². The van der Waals surface area contributed by atoms with Gasteiger partial charge in [0.25, 0.3) is 0 Å². The summed E-state index contributed by atoms with van der Waals surface area (Å²) in [5, 5.41) is 23.4. The largest absolute Gasteiger partial charge is 0.457 e. The topological polar surface area (TPSA) is 206 Å². The Bertz CT molecular complexity index is 6220. The number of aromatic nitrogens is 5. The zero-order chi connectivity index (χ0) is 77.6. The summed E-state index contributed by atoms with van der Waals surface area (Å²) in [6.07, 6.45) is 0. The number of benzene rings is 14. The molecule has 0 aliphatic carbocycles. The van der Waals surface area contributed by atoms with E-state index in [0.29, 0.717) is 117 Å². The number of esters is 4. The molecule has 542 valence electrons. The monoisotopic (exact) mass is 1480 g/mol. The third kappa shape index (κ3) is 14.8. The van der Waals surface area contributed by atoms with E-state index in [1.165, 1.54) is 0 Å². The van der Waals surface area contributed by atoms with Crippen LogP contribution in [0.1, 0.15) is 74.8 Å². The highest BCUT2D eigenvalue weighted by Gasteiger charge is 2.25. The van der Waals surface area contributed by atoms with E-state index in [1.54, 1.807) is 66.7 Å². The van der Waals surface area contributed by atoms with E-state index in [0.717, 1.165) is 33.4 Å². The fourth-order valence-electron chi connectivity index (χ4n) is 14.3. The Kier molecular flexibility index (Phi) is 19.5. The fraction of sp³-hybridized carbons (Fsp3) is 0.0408. The predicted molar refractivity (Wildman–Crippen MR) is 439 cm³/mol. The van der Waals surface area contributed by atoms with Gasteiger partial charge in [0.2, 0.25) is 0 Å². The van der Waals surface area contributed by atoms with Crippen LogP contribution in [0.15, 0.2) is 328 Å². The Balaban J connectivity index is 0.870. The molecule has 0 spiro atoms. The van der Waals surface area contributed by atoms with E-state index in [1.807, 2.05) is 261 Å². The third-order valence-corrected chi connectivity index (χ3v) is 19.9. The summed E-state index contributed by atoms with van der Waals surface area (Å²) in [6, 6.07) is 105. The smallest absolute Gasteiger partial charge is 0.338 e. The lowest BCUT2D eigenvalue weighted by atomic mass is 9.99. The van der Waals surface area contributed by atoms with Crippen LogP contribution in [0.2, 0.25) is 0 Å². The molecule has 14 aromatic carbocycles. The average Bonchev–Trinajstić information content (AvgIpc) is 1.58. The summed E-state index contributed by atoms with van der Waals surface area (Å²) in [5.74, 6) is -1.41. The average molecular weight is 1480 g/mol. The van der Waals surface area contributed by atoms with E-state index >= 15 is 0 Å². The summed E-state index contributed by atoms with van der Waals surface area (Å²) in [4.78, 5) is 76.7. The molecular formula is C98H62N8O8. The van der Waals surface area contributed by atoms with Gasteiger partial charge in [-0.1, -0.05) is 188 Å². The highest BCUT2D eigenvalue weighted by atomic mass is 16.5. The number of hydrogen-bond acceptors (Lipinski definition) is 13. The van der Waals surface area contributed by atoms with E-state index in [4.69, 9.17) is 40.5 Å². The van der Waals surface area contributed by atoms with Crippen molar-refractivity contribution in [2.75, 3.05) is 0 Å². The van der Waals surface area contributed by atoms with Gasteiger partial charge in [0.05, 0.1) is 74.2 Å². The van der Waals surface area contributed by atoms with Crippen LogP contribution in [0.5, 0.6) is 0 Å². The minimum atomic E-state index is -0.546. The standard InChI is InChI=1S/C98H62N8O8/c1-101-81-30-16-29-72(47-81)68-31-33-69(34-32-68)92-102-93(79-45-77(70-27-14-25-66(43-70)56-99)48-82(50-79)105-88-39-35-73(95(107)111-58-62-17-6-2-7-18-62)52-84(88)85-53-74(36-40-89(85)105)96(108)112-59-63-19-8-3-9-20-63)104-94(103-92)80-46-78(71-28-15-26-67(44-71)57-100)49-83(51-80)106-90-41-37-75(97(109)113-60-64-21-10-4-11-22-64)54-86(90)87-55-76(38-42-91(87)106)98(110)114-61-65-23-12-5-13-24-65/h2-55H,58-61H2. The molecule has 17 rings (SSSR count). The number of nitriles is 2. The zero-order valence-electron chi connectivity index (χ0n) is 60.8. The number of carbonyl (C=O) groups excluding carboxylic acids is 4. The van der Waals surface area contributed by atoms with Gasteiger partial charge < -0.3 is 28.1 Å². The van der Waals surface area contributed by atoms with Gasteiger partial charge in [0.1, 0.15) is 26.4 Å². The van der Waals surface area contributed by atoms with E-state index in [-0.39, 0.29) is 60.3 Å². The zero-order valence-corrected chi connectivity index (χ0v) is 60.8. The van der Waals surface area contributed by atoms with E-state index in [2.05, 4.69) is 26.1 Å². The maximum atomic E-state index is 14.2. The van der Waals surface area contributed by atoms with Crippen molar-refractivity contribution in [2.24, 2.45) is 0 Å². The van der Waals surface area contributed by atoms with Crippen LogP contribution >= 0.6 is 0 Å². The minimum absolute atomic E-state index is 0.0453. The molecule has 16 nitrogen and oxygen atoms in total. The Morgan fingerprint density at radius 2 is 0.605 bits per heavy atom. The first-order chi connectivity index (χ1) is 55.9. The van der Waals surface area contributed by atoms with E-state index in [9.17, 15) is 29.7 Å². The number of ether oxygens (including phenoxy) is 4. The molecule has 17 aromatic rings. The fourth-order valence-corrected chi connectivity index (χ4v) is 14.3. The first-order valence-corrected chi connectivity index (χ1v) is 36.6. The van der Waals surface area contributed by atoms with Gasteiger partial charge in [-0.15, -0.1) is 0 Å². The Morgan fingerprint density at radius 1 is 0.298 bits per heavy atom. The predicted octanol–water partition coefficient (Wildman–Crippen LogP) is 21.8. The summed E-state index contributed by atoms with van der Waals surface area (Å²) in [7, 11) is 0. The second-order valence-corrected chi connectivity index (χ2v) is 27.3. The molecule has 3 aromatic heterocycles. The van der Waals surface area contributed by atoms with Crippen molar-refractivity contribution in [3.05, 3.63) is 395 Å². The molecule has 3 heterocycles. The van der Waals surface area contributed by atoms with Crippen molar-refractivity contribution in [1.82, 2.24) is 24.1 Å². The van der Waals surface area contributed by atoms with Crippen molar-refractivity contribution in [3.8, 4) is 91.1 Å². The molecular weight excluding hydrogens is 1420 g/mol. The van der Waals surface area contributed by atoms with Crippen LogP contribution in [0.3, 0.4) is 0 Å². The molecule has 0 N–H and O–H groups in total. The Labute approximate surface area is 654 Å². The van der Waals surface area contributed by atoms with Gasteiger partial charge in [0, 0.05) is 49.6 Å². The number of fused-ring (bicyclic) bond motifs is 6. The highest BCUT2D eigenvalue weighted by molar-refractivity contribution is 6.15. The van der Waals surface area contributed by atoms with Gasteiger partial charge >= 0.3 is 23.9 Å². The maximum absolute atomic E-state index is 14.2. The SMILES string of the molecule is [C-]#[N+]c1cccc(-c2ccc(-c3nc(-c4cc(-c5cccc(C#N)c5)cc(-n5c6ccc(C(=O)OCc7ccccc7)cc6c6cc(C(=O)OCc7ccccc7)ccc65)c4)nc(-c4cc(-c5cccc(C#N)c5)cc(-n5c6ccc(C(=O)OCc7ccccc7)cc6c6cc(C(=O)OCc7ccccc7)ccc65)c4)n3)cc2)c1. The molecule has 0 bridgehead atoms. The second-order valence-electron chi connectivity index (χ2n) is 27.3. The first-order valence-electron chi connectivity index (χ1n) is 36.6. The summed E-state index contributed by atoms with van der Waals surface area (Å²) < 4.78 is 27.8. The third-order valence-electron chi connectivity index (χ3n) is 19.9. The molecule has 0 aliphatic rings. The normalized spacial score (nSPS) is 11.1. The molecule has 0 aliphatic heterocycles. The number of rotatable bonds is 20. The van der Waals surface area contributed by atoms with Crippen LogP contribution in [0, 0.1) is 29.2 Å². The quantitative estimate of drug-likeness (QED) is 0.0396. The van der Waals surface area contributed by atoms with Gasteiger partial charge in [-0.05, 0) is 195 Å². The van der Waals surface area contributed by atoms with Crippen molar-refractivity contribution in [2.45, 2.75) is 26.4 Å². The molecule has 0 amide bonds. The minimum Gasteiger partial charge on any atom is -0.457 e. The number of hydrogen-bond donors (Lipinski definition) is 0. The summed E-state index contributed by atoms with van der Waals surface area (Å²) in [6.45, 7) is 7.97. The lowest BCUT2D eigenvalue weighted by Gasteiger charge is -2.16. The molecule has 0 unspecified atom stereocenters. The first kappa shape index (κ1) is 71.0. The van der Waals surface area contributed by atoms with Crippen molar-refractivity contribution >= 4 is 73.2 Å². The molecule has 0 atom stereocenters. The molecule has 16 heteroatoms. The van der Waals surface area contributed by atoms with Gasteiger partial charge in [-0.2, -0.15) is 10.5 Å².